The highest BCUT2D eigenvalue weighted by molar-refractivity contribution is 5.29. The van der Waals surface area contributed by atoms with Crippen LogP contribution < -0.4 is 0 Å². The molecule has 0 bridgehead atoms. The zero-order valence-corrected chi connectivity index (χ0v) is 20.5. The second kappa shape index (κ2) is 8.22. The lowest BCUT2D eigenvalue weighted by Crippen LogP contribution is -2.54. The molecule has 2 N–H and O–H groups in total. The number of fused-ring (bicyclic) bond motifs is 5. The quantitative estimate of drug-likeness (QED) is 0.495. The van der Waals surface area contributed by atoms with Crippen LogP contribution in [-0.2, 0) is 0 Å². The van der Waals surface area contributed by atoms with Crippen molar-refractivity contribution in [1.29, 1.82) is 0 Å². The fourth-order valence-electron chi connectivity index (χ4n) is 8.79. The molecule has 2 heteroatoms. The molecule has 0 aromatic carbocycles. The van der Waals surface area contributed by atoms with Crippen LogP contribution in [0.1, 0.15) is 99.3 Å². The molecule has 172 valence electrons. The molecule has 4 aliphatic carbocycles. The smallest absolute Gasteiger partial charge is 0.0759 e. The van der Waals surface area contributed by atoms with E-state index in [2.05, 4.69) is 41.5 Å². The van der Waals surface area contributed by atoms with Gasteiger partial charge in [0.1, 0.15) is 0 Å². The summed E-state index contributed by atoms with van der Waals surface area (Å²) in [5.41, 5.74) is 1.75. The van der Waals surface area contributed by atoms with Crippen LogP contribution in [0.3, 0.4) is 0 Å². The first-order chi connectivity index (χ1) is 14.1. The van der Waals surface area contributed by atoms with Gasteiger partial charge in [0.15, 0.2) is 0 Å². The fourth-order valence-corrected chi connectivity index (χ4v) is 8.79. The molecule has 0 heterocycles. The average Bonchev–Trinajstić information content (AvgIpc) is 3.04. The van der Waals surface area contributed by atoms with Crippen LogP contribution in [-0.4, -0.2) is 22.4 Å². The van der Waals surface area contributed by atoms with E-state index in [-0.39, 0.29) is 17.6 Å². The topological polar surface area (TPSA) is 40.5 Å². The number of hydrogen-bond acceptors (Lipinski definition) is 2. The Balaban J connectivity index is 1.52. The normalized spacial score (nSPS) is 47.8. The van der Waals surface area contributed by atoms with Crippen molar-refractivity contribution in [1.82, 2.24) is 0 Å². The minimum atomic E-state index is -0.349. The Labute approximate surface area is 185 Å². The van der Waals surface area contributed by atoms with E-state index in [1.54, 1.807) is 0 Å². The average molecular weight is 417 g/mol. The molecule has 3 fully saturated rings. The van der Waals surface area contributed by atoms with Gasteiger partial charge >= 0.3 is 0 Å². The third kappa shape index (κ3) is 3.62. The first kappa shape index (κ1) is 22.8. The highest BCUT2D eigenvalue weighted by Crippen LogP contribution is 2.67. The van der Waals surface area contributed by atoms with Crippen molar-refractivity contribution in [3.05, 3.63) is 11.6 Å². The molecule has 0 radical (unpaired) electrons. The SMILES string of the molecule is CC(C)[C@@H](C)CC[C@@H](C)[C@H]1CC[C@H]2[C@@H]3CC(O)C4=CC(O)CC[C@]4(C)[C@H]3CC[C@]12C. The third-order valence-electron chi connectivity index (χ3n) is 11.1. The molecule has 3 saturated carbocycles. The zero-order chi connectivity index (χ0) is 21.8. The van der Waals surface area contributed by atoms with E-state index < -0.39 is 0 Å². The van der Waals surface area contributed by atoms with Crippen molar-refractivity contribution in [2.75, 3.05) is 0 Å². The van der Waals surface area contributed by atoms with E-state index in [4.69, 9.17) is 0 Å². The van der Waals surface area contributed by atoms with Crippen LogP contribution in [0.15, 0.2) is 11.6 Å². The Morgan fingerprint density at radius 3 is 2.37 bits per heavy atom. The summed E-state index contributed by atoms with van der Waals surface area (Å²) in [6.45, 7) is 14.7. The van der Waals surface area contributed by atoms with Crippen molar-refractivity contribution >= 4 is 0 Å². The van der Waals surface area contributed by atoms with E-state index in [9.17, 15) is 10.2 Å². The van der Waals surface area contributed by atoms with Crippen molar-refractivity contribution < 1.29 is 10.2 Å². The van der Waals surface area contributed by atoms with Gasteiger partial charge in [0.25, 0.3) is 0 Å². The number of aliphatic hydroxyl groups excluding tert-OH is 2. The monoisotopic (exact) mass is 416 g/mol. The molecule has 30 heavy (non-hydrogen) atoms. The predicted molar refractivity (Wildman–Crippen MR) is 125 cm³/mol. The van der Waals surface area contributed by atoms with Crippen LogP contribution in [0.4, 0.5) is 0 Å². The summed E-state index contributed by atoms with van der Waals surface area (Å²) in [5, 5.41) is 21.3. The number of hydrogen-bond donors (Lipinski definition) is 2. The van der Waals surface area contributed by atoms with E-state index in [0.717, 1.165) is 48.9 Å². The zero-order valence-electron chi connectivity index (χ0n) is 20.5. The Kier molecular flexibility index (Phi) is 6.26. The molecule has 0 amide bonds. The van der Waals surface area contributed by atoms with Crippen LogP contribution in [0, 0.1) is 52.3 Å². The van der Waals surface area contributed by atoms with Gasteiger partial charge in [-0.1, -0.05) is 60.5 Å². The number of aliphatic hydroxyl groups is 2. The molecule has 2 nitrogen and oxygen atoms in total. The molecule has 4 rings (SSSR count). The Morgan fingerprint density at radius 2 is 1.67 bits per heavy atom. The second-order valence-corrected chi connectivity index (χ2v) is 12.8. The maximum Gasteiger partial charge on any atom is 0.0759 e. The Morgan fingerprint density at radius 1 is 0.933 bits per heavy atom. The molecular formula is C28H48O2. The van der Waals surface area contributed by atoms with E-state index >= 15 is 0 Å². The van der Waals surface area contributed by atoms with Crippen LogP contribution in [0.5, 0.6) is 0 Å². The first-order valence-electron chi connectivity index (χ1n) is 13.2. The lowest BCUT2D eigenvalue weighted by Gasteiger charge is -2.60. The molecule has 0 aromatic rings. The van der Waals surface area contributed by atoms with Crippen LogP contribution in [0.2, 0.25) is 0 Å². The minimum absolute atomic E-state index is 0.110. The summed E-state index contributed by atoms with van der Waals surface area (Å²) in [5.74, 6) is 5.45. The van der Waals surface area contributed by atoms with E-state index in [1.165, 1.54) is 44.1 Å². The minimum Gasteiger partial charge on any atom is -0.389 e. The standard InChI is InChI=1S/C28H48O2/c1-17(2)18(3)7-8-19(4)22-9-10-23-21-16-26(30)25-15-20(29)11-13-28(25,6)24(21)12-14-27(22,23)5/h15,17-24,26,29-30H,7-14,16H2,1-6H3/t18-,19+,20?,21-,22+,23-,24-,26?,27+,28+/m0/s1. The molecule has 0 aromatic heterocycles. The van der Waals surface area contributed by atoms with Gasteiger partial charge in [-0.3, -0.25) is 0 Å². The predicted octanol–water partition coefficient (Wildman–Crippen LogP) is 6.61. The lowest BCUT2D eigenvalue weighted by atomic mass is 9.46. The van der Waals surface area contributed by atoms with Crippen molar-refractivity contribution in [3.63, 3.8) is 0 Å². The largest absolute Gasteiger partial charge is 0.389 e. The summed E-state index contributed by atoms with van der Waals surface area (Å²) in [6, 6.07) is 0. The summed E-state index contributed by atoms with van der Waals surface area (Å²) in [6.07, 6.45) is 12.4. The highest BCUT2D eigenvalue weighted by Gasteiger charge is 2.60. The van der Waals surface area contributed by atoms with Gasteiger partial charge in [0.2, 0.25) is 0 Å². The maximum atomic E-state index is 11.1. The summed E-state index contributed by atoms with van der Waals surface area (Å²) in [7, 11) is 0. The van der Waals surface area contributed by atoms with Gasteiger partial charge in [-0.15, -0.1) is 0 Å². The lowest BCUT2D eigenvalue weighted by molar-refractivity contribution is -0.0875. The van der Waals surface area contributed by atoms with Crippen molar-refractivity contribution in [3.8, 4) is 0 Å². The molecule has 4 aliphatic rings. The molecule has 10 atom stereocenters. The Bertz CT molecular complexity index is 653. The van der Waals surface area contributed by atoms with Gasteiger partial charge in [-0.25, -0.2) is 0 Å². The Hall–Kier alpha value is -0.340. The fraction of sp³-hybridized carbons (Fsp3) is 0.929. The second-order valence-electron chi connectivity index (χ2n) is 12.8. The highest BCUT2D eigenvalue weighted by atomic mass is 16.3. The van der Waals surface area contributed by atoms with Gasteiger partial charge in [0, 0.05) is 0 Å². The van der Waals surface area contributed by atoms with Gasteiger partial charge < -0.3 is 10.2 Å². The summed E-state index contributed by atoms with van der Waals surface area (Å²) < 4.78 is 0. The molecule has 2 unspecified atom stereocenters. The van der Waals surface area contributed by atoms with Crippen molar-refractivity contribution in [2.45, 2.75) is 112 Å². The molecule has 0 saturated heterocycles. The van der Waals surface area contributed by atoms with E-state index in [1.807, 2.05) is 6.08 Å². The summed E-state index contributed by atoms with van der Waals surface area (Å²) >= 11 is 0. The van der Waals surface area contributed by atoms with Crippen LogP contribution >= 0.6 is 0 Å². The van der Waals surface area contributed by atoms with Gasteiger partial charge in [-0.2, -0.15) is 0 Å². The molecular weight excluding hydrogens is 368 g/mol. The van der Waals surface area contributed by atoms with Gasteiger partial charge in [-0.05, 0) is 103 Å². The molecule has 0 spiro atoms. The third-order valence-corrected chi connectivity index (χ3v) is 11.1. The maximum absolute atomic E-state index is 11.1. The number of rotatable bonds is 5. The molecule has 0 aliphatic heterocycles. The summed E-state index contributed by atoms with van der Waals surface area (Å²) in [4.78, 5) is 0. The first-order valence-corrected chi connectivity index (χ1v) is 13.2. The van der Waals surface area contributed by atoms with E-state index in [0.29, 0.717) is 17.3 Å². The van der Waals surface area contributed by atoms with Crippen LogP contribution in [0.25, 0.3) is 0 Å². The van der Waals surface area contributed by atoms with Gasteiger partial charge in [0.05, 0.1) is 12.2 Å². The van der Waals surface area contributed by atoms with Crippen molar-refractivity contribution in [2.24, 2.45) is 52.3 Å².